The molecule has 32 heavy (non-hydrogen) atoms. The molecule has 0 bridgehead atoms. The number of nitro benzene ring substituents is 1. The smallest absolute Gasteiger partial charge is 0.293 e. The molecule has 7 nitrogen and oxygen atoms in total. The summed E-state index contributed by atoms with van der Waals surface area (Å²) in [5.41, 5.74) is 1.70. The van der Waals surface area contributed by atoms with Crippen molar-refractivity contribution < 1.29 is 14.5 Å². The van der Waals surface area contributed by atoms with Crippen LogP contribution in [-0.4, -0.2) is 10.8 Å². The van der Waals surface area contributed by atoms with Crippen LogP contribution in [0.4, 0.5) is 11.4 Å². The topological polar surface area (TPSA) is 105 Å². The molecule has 0 heterocycles. The van der Waals surface area contributed by atoms with Crippen LogP contribution in [0.15, 0.2) is 72.3 Å². The first-order valence-corrected chi connectivity index (χ1v) is 9.89. The second kappa shape index (κ2) is 10.2. The lowest BCUT2D eigenvalue weighted by atomic mass is 10.1. The second-order valence-corrected chi connectivity index (χ2v) is 7.27. The molecule has 0 aliphatic carbocycles. The lowest BCUT2D eigenvalue weighted by molar-refractivity contribution is -0.384. The number of nitro groups is 1. The number of hydrogen-bond acceptors (Lipinski definition) is 5. The molecule has 0 unspecified atom stereocenters. The van der Waals surface area contributed by atoms with Gasteiger partial charge in [0, 0.05) is 6.07 Å². The largest absolute Gasteiger partial charge is 0.487 e. The Morgan fingerprint density at radius 1 is 1.19 bits per heavy atom. The van der Waals surface area contributed by atoms with E-state index in [9.17, 15) is 20.2 Å². The van der Waals surface area contributed by atoms with Crippen molar-refractivity contribution in [1.82, 2.24) is 0 Å². The first-order chi connectivity index (χ1) is 15.4. The number of carbonyl (C=O) groups is 1. The van der Waals surface area contributed by atoms with Crippen molar-refractivity contribution in [3.8, 4) is 11.8 Å². The van der Waals surface area contributed by atoms with Crippen LogP contribution < -0.4 is 10.1 Å². The Labute approximate surface area is 189 Å². The first-order valence-electron chi connectivity index (χ1n) is 9.52. The maximum Gasteiger partial charge on any atom is 0.293 e. The monoisotopic (exact) mass is 447 g/mol. The van der Waals surface area contributed by atoms with Crippen LogP contribution in [0.5, 0.6) is 5.75 Å². The number of benzene rings is 3. The number of hydrogen-bond donors (Lipinski definition) is 1. The molecular weight excluding hydrogens is 430 g/mol. The number of nitrogens with one attached hydrogen (secondary N) is 1. The van der Waals surface area contributed by atoms with E-state index in [4.69, 9.17) is 16.3 Å². The predicted molar refractivity (Wildman–Crippen MR) is 122 cm³/mol. The Morgan fingerprint density at radius 2 is 1.94 bits per heavy atom. The first kappa shape index (κ1) is 22.5. The second-order valence-electron chi connectivity index (χ2n) is 6.87. The van der Waals surface area contributed by atoms with Gasteiger partial charge in [0.25, 0.3) is 11.6 Å². The van der Waals surface area contributed by atoms with E-state index in [0.717, 1.165) is 5.56 Å². The molecule has 0 aliphatic heterocycles. The average Bonchev–Trinajstić information content (AvgIpc) is 2.78. The Kier molecular flexibility index (Phi) is 7.21. The molecule has 0 aliphatic rings. The van der Waals surface area contributed by atoms with Crippen LogP contribution in [0.1, 0.15) is 16.7 Å². The van der Waals surface area contributed by atoms with Crippen LogP contribution in [0.2, 0.25) is 5.02 Å². The van der Waals surface area contributed by atoms with Crippen LogP contribution in [0.25, 0.3) is 6.08 Å². The summed E-state index contributed by atoms with van der Waals surface area (Å²) in [5.74, 6) is -0.300. The highest BCUT2D eigenvalue weighted by Crippen LogP contribution is 2.28. The van der Waals surface area contributed by atoms with Gasteiger partial charge < -0.3 is 10.1 Å². The molecule has 0 fully saturated rings. The molecule has 3 aromatic rings. The summed E-state index contributed by atoms with van der Waals surface area (Å²) < 4.78 is 5.72. The number of ether oxygens (including phenoxy) is 1. The summed E-state index contributed by atoms with van der Waals surface area (Å²) in [6.45, 7) is 2.05. The SMILES string of the molecule is Cc1ccc(NC(=O)/C(C#N)=C/c2ccc(OCc3ccccc3)c(Cl)c2)c([N+](=O)[O-])c1. The number of rotatable bonds is 7. The molecule has 0 spiro atoms. The van der Waals surface area contributed by atoms with E-state index in [-0.39, 0.29) is 16.9 Å². The average molecular weight is 448 g/mol. The molecule has 8 heteroatoms. The van der Waals surface area contributed by atoms with E-state index in [0.29, 0.717) is 28.5 Å². The van der Waals surface area contributed by atoms with Gasteiger partial charge in [-0.25, -0.2) is 0 Å². The van der Waals surface area contributed by atoms with Crippen molar-refractivity contribution in [3.63, 3.8) is 0 Å². The number of aryl methyl sites for hydroxylation is 1. The zero-order valence-corrected chi connectivity index (χ0v) is 17.8. The summed E-state index contributed by atoms with van der Waals surface area (Å²) in [6.07, 6.45) is 1.35. The van der Waals surface area contributed by atoms with Crippen LogP contribution >= 0.6 is 11.6 Å². The minimum Gasteiger partial charge on any atom is -0.487 e. The number of amides is 1. The van der Waals surface area contributed by atoms with Crippen molar-refractivity contribution in [3.05, 3.63) is 104 Å². The molecular formula is C24H18ClN3O4. The van der Waals surface area contributed by atoms with Gasteiger partial charge in [-0.15, -0.1) is 0 Å². The summed E-state index contributed by atoms with van der Waals surface area (Å²) in [4.78, 5) is 23.2. The van der Waals surface area contributed by atoms with Gasteiger partial charge in [0.15, 0.2) is 0 Å². The maximum atomic E-state index is 12.5. The lowest BCUT2D eigenvalue weighted by Gasteiger charge is -2.09. The van der Waals surface area contributed by atoms with Crippen molar-refractivity contribution >= 4 is 35.0 Å². The predicted octanol–water partition coefficient (Wildman–Crippen LogP) is 5.68. The van der Waals surface area contributed by atoms with Crippen molar-refractivity contribution in [2.45, 2.75) is 13.5 Å². The molecule has 0 saturated carbocycles. The molecule has 160 valence electrons. The van der Waals surface area contributed by atoms with Crippen molar-refractivity contribution in [1.29, 1.82) is 5.26 Å². The molecule has 3 aromatic carbocycles. The standard InChI is InChI=1S/C24H18ClN3O4/c1-16-7-9-21(22(11-16)28(30)31)27-24(29)19(14-26)12-18-8-10-23(20(25)13-18)32-15-17-5-3-2-4-6-17/h2-13H,15H2,1H3,(H,27,29)/b19-12+. The highest BCUT2D eigenvalue weighted by molar-refractivity contribution is 6.32. The molecule has 0 saturated heterocycles. The number of halogens is 1. The van der Waals surface area contributed by atoms with E-state index in [1.165, 1.54) is 18.2 Å². The van der Waals surface area contributed by atoms with Crippen LogP contribution in [0.3, 0.4) is 0 Å². The van der Waals surface area contributed by atoms with Gasteiger partial charge in [-0.05, 0) is 47.9 Å². The fraction of sp³-hybridized carbons (Fsp3) is 0.0833. The quantitative estimate of drug-likeness (QED) is 0.217. The van der Waals surface area contributed by atoms with E-state index >= 15 is 0 Å². The van der Waals surface area contributed by atoms with E-state index in [1.54, 1.807) is 31.2 Å². The fourth-order valence-corrected chi connectivity index (χ4v) is 3.11. The summed E-state index contributed by atoms with van der Waals surface area (Å²) in [7, 11) is 0. The lowest BCUT2D eigenvalue weighted by Crippen LogP contribution is -2.14. The Bertz CT molecular complexity index is 1230. The third-order valence-electron chi connectivity index (χ3n) is 4.47. The number of anilines is 1. The van der Waals surface area contributed by atoms with Gasteiger partial charge in [0.05, 0.1) is 9.95 Å². The molecule has 0 radical (unpaired) electrons. The Morgan fingerprint density at radius 3 is 2.59 bits per heavy atom. The molecule has 0 atom stereocenters. The summed E-state index contributed by atoms with van der Waals surface area (Å²) >= 11 is 6.29. The van der Waals surface area contributed by atoms with Crippen molar-refractivity contribution in [2.24, 2.45) is 0 Å². The number of nitriles is 1. The van der Waals surface area contributed by atoms with Gasteiger partial charge in [-0.3, -0.25) is 14.9 Å². The van der Waals surface area contributed by atoms with Crippen molar-refractivity contribution in [2.75, 3.05) is 5.32 Å². The highest BCUT2D eigenvalue weighted by atomic mass is 35.5. The summed E-state index contributed by atoms with van der Waals surface area (Å²) in [6, 6.07) is 20.7. The zero-order chi connectivity index (χ0) is 23.1. The maximum absolute atomic E-state index is 12.5. The Hall–Kier alpha value is -4.15. The van der Waals surface area contributed by atoms with Gasteiger partial charge in [0.2, 0.25) is 0 Å². The van der Waals surface area contributed by atoms with Gasteiger partial charge in [0.1, 0.15) is 29.7 Å². The molecule has 1 amide bonds. The summed E-state index contributed by atoms with van der Waals surface area (Å²) in [5, 5.41) is 23.4. The third kappa shape index (κ3) is 5.72. The third-order valence-corrected chi connectivity index (χ3v) is 4.76. The van der Waals surface area contributed by atoms with Gasteiger partial charge in [-0.1, -0.05) is 54.1 Å². The molecule has 0 aromatic heterocycles. The number of carbonyl (C=O) groups excluding carboxylic acids is 1. The minimum absolute atomic E-state index is 0.00874. The van der Waals surface area contributed by atoms with Gasteiger partial charge in [-0.2, -0.15) is 5.26 Å². The Balaban J connectivity index is 1.76. The van der Waals surface area contributed by atoms with E-state index < -0.39 is 10.8 Å². The number of nitrogens with zero attached hydrogens (tertiary/aromatic N) is 2. The van der Waals surface area contributed by atoms with E-state index in [1.807, 2.05) is 36.4 Å². The van der Waals surface area contributed by atoms with Crippen LogP contribution in [-0.2, 0) is 11.4 Å². The van der Waals surface area contributed by atoms with Gasteiger partial charge >= 0.3 is 0 Å². The normalized spacial score (nSPS) is 10.8. The highest BCUT2D eigenvalue weighted by Gasteiger charge is 2.18. The van der Waals surface area contributed by atoms with Crippen LogP contribution in [0, 0.1) is 28.4 Å². The van der Waals surface area contributed by atoms with E-state index in [2.05, 4.69) is 5.32 Å². The molecule has 1 N–H and O–H groups in total. The fourth-order valence-electron chi connectivity index (χ4n) is 2.86. The molecule has 3 rings (SSSR count). The zero-order valence-electron chi connectivity index (χ0n) is 17.0. The minimum atomic E-state index is -0.764.